The Morgan fingerprint density at radius 2 is 2.00 bits per heavy atom. The molecule has 0 bridgehead atoms. The fraction of sp³-hybridized carbons (Fsp3) is 0.385. The largest absolute Gasteiger partial charge is 0.385 e. The van der Waals surface area contributed by atoms with Crippen LogP contribution in [0.4, 0.5) is 5.13 Å². The zero-order valence-corrected chi connectivity index (χ0v) is 11.4. The highest BCUT2D eigenvalue weighted by atomic mass is 32.1. The Morgan fingerprint density at radius 1 is 1.28 bits per heavy atom. The Bertz CT molecular complexity index is 496. The van der Waals surface area contributed by atoms with Crippen LogP contribution in [0.25, 0.3) is 0 Å². The first-order valence-corrected chi connectivity index (χ1v) is 6.71. The average molecular weight is 263 g/mol. The lowest BCUT2D eigenvalue weighted by Crippen LogP contribution is -2.24. The Balaban J connectivity index is 1.89. The summed E-state index contributed by atoms with van der Waals surface area (Å²) in [7, 11) is 0. The van der Waals surface area contributed by atoms with Gasteiger partial charge in [0, 0.05) is 6.54 Å². The lowest BCUT2D eigenvalue weighted by Gasteiger charge is -2.23. The zero-order chi connectivity index (χ0) is 13.0. The van der Waals surface area contributed by atoms with Crippen LogP contribution in [0.1, 0.15) is 23.9 Å². The van der Waals surface area contributed by atoms with Gasteiger partial charge < -0.3 is 10.4 Å². The molecule has 5 heteroatoms. The van der Waals surface area contributed by atoms with Crippen LogP contribution in [0.2, 0.25) is 0 Å². The van der Waals surface area contributed by atoms with Crippen LogP contribution in [-0.4, -0.2) is 21.8 Å². The van der Waals surface area contributed by atoms with E-state index in [1.54, 1.807) is 0 Å². The normalized spacial score (nSPS) is 14.2. The van der Waals surface area contributed by atoms with Gasteiger partial charge >= 0.3 is 0 Å². The van der Waals surface area contributed by atoms with Gasteiger partial charge in [-0.2, -0.15) is 0 Å². The Labute approximate surface area is 111 Å². The van der Waals surface area contributed by atoms with Gasteiger partial charge in [0.15, 0.2) is 0 Å². The molecule has 0 saturated carbocycles. The molecule has 0 saturated heterocycles. The van der Waals surface area contributed by atoms with Crippen molar-refractivity contribution in [2.24, 2.45) is 0 Å². The van der Waals surface area contributed by atoms with Crippen molar-refractivity contribution in [2.75, 3.05) is 11.9 Å². The van der Waals surface area contributed by atoms with Crippen molar-refractivity contribution < 1.29 is 5.11 Å². The van der Waals surface area contributed by atoms with E-state index in [9.17, 15) is 5.11 Å². The van der Waals surface area contributed by atoms with Crippen LogP contribution in [-0.2, 0) is 5.60 Å². The Hall–Kier alpha value is -1.46. The second-order valence-electron chi connectivity index (χ2n) is 4.44. The van der Waals surface area contributed by atoms with Crippen LogP contribution in [0.5, 0.6) is 0 Å². The number of aryl methyl sites for hydroxylation is 1. The number of rotatable bonds is 5. The highest BCUT2D eigenvalue weighted by Crippen LogP contribution is 2.24. The van der Waals surface area contributed by atoms with Crippen molar-refractivity contribution in [3.63, 3.8) is 0 Å². The number of anilines is 1. The molecule has 1 unspecified atom stereocenters. The smallest absolute Gasteiger partial charge is 0.205 e. The number of aromatic nitrogens is 2. The number of hydrogen-bond acceptors (Lipinski definition) is 5. The Morgan fingerprint density at radius 3 is 2.61 bits per heavy atom. The van der Waals surface area contributed by atoms with Crippen LogP contribution >= 0.6 is 11.3 Å². The van der Waals surface area contributed by atoms with Crippen molar-refractivity contribution in [3.8, 4) is 0 Å². The summed E-state index contributed by atoms with van der Waals surface area (Å²) in [6.07, 6.45) is 0.621. The molecule has 2 aromatic rings. The average Bonchev–Trinajstić information content (AvgIpc) is 2.76. The molecule has 1 atom stereocenters. The van der Waals surface area contributed by atoms with Gasteiger partial charge in [-0.25, -0.2) is 0 Å². The first kappa shape index (κ1) is 13.0. The monoisotopic (exact) mass is 263 g/mol. The van der Waals surface area contributed by atoms with E-state index < -0.39 is 5.60 Å². The number of nitrogens with one attached hydrogen (secondary N) is 1. The van der Waals surface area contributed by atoms with Gasteiger partial charge in [-0.15, -0.1) is 10.2 Å². The maximum absolute atomic E-state index is 10.4. The molecule has 96 valence electrons. The second-order valence-corrected chi connectivity index (χ2v) is 5.62. The molecule has 2 rings (SSSR count). The standard InChI is InChI=1S/C13H17N3OS/c1-10-15-16-12(18-10)14-9-8-13(2,17)11-6-4-3-5-7-11/h3-7,17H,8-9H2,1-2H3,(H,14,16). The van der Waals surface area contributed by atoms with E-state index >= 15 is 0 Å². The van der Waals surface area contributed by atoms with E-state index in [1.165, 1.54) is 11.3 Å². The number of aliphatic hydroxyl groups is 1. The minimum absolute atomic E-state index is 0.621. The van der Waals surface area contributed by atoms with Gasteiger partial charge in [0.05, 0.1) is 5.60 Å². The van der Waals surface area contributed by atoms with Gasteiger partial charge in [-0.05, 0) is 25.8 Å². The van der Waals surface area contributed by atoms with E-state index in [-0.39, 0.29) is 0 Å². The lowest BCUT2D eigenvalue weighted by atomic mass is 9.93. The van der Waals surface area contributed by atoms with Crippen LogP contribution in [0, 0.1) is 6.92 Å². The fourth-order valence-corrected chi connectivity index (χ4v) is 2.34. The molecule has 1 aromatic carbocycles. The molecule has 1 heterocycles. The summed E-state index contributed by atoms with van der Waals surface area (Å²) in [5, 5.41) is 23.2. The van der Waals surface area contributed by atoms with Crippen molar-refractivity contribution in [1.29, 1.82) is 0 Å². The molecule has 0 radical (unpaired) electrons. The topological polar surface area (TPSA) is 58.0 Å². The van der Waals surface area contributed by atoms with Gasteiger partial charge in [0.2, 0.25) is 5.13 Å². The fourth-order valence-electron chi connectivity index (χ4n) is 1.72. The third-order valence-corrected chi connectivity index (χ3v) is 3.61. The summed E-state index contributed by atoms with van der Waals surface area (Å²) in [6, 6.07) is 9.70. The maximum Gasteiger partial charge on any atom is 0.205 e. The molecule has 4 nitrogen and oxygen atoms in total. The summed E-state index contributed by atoms with van der Waals surface area (Å²) < 4.78 is 0. The number of benzene rings is 1. The zero-order valence-electron chi connectivity index (χ0n) is 10.6. The molecule has 0 spiro atoms. The molecule has 0 fully saturated rings. The first-order valence-electron chi connectivity index (χ1n) is 5.90. The third-order valence-electron chi connectivity index (χ3n) is 2.81. The van der Waals surface area contributed by atoms with Gasteiger partial charge in [-0.1, -0.05) is 41.7 Å². The highest BCUT2D eigenvalue weighted by Gasteiger charge is 2.22. The van der Waals surface area contributed by atoms with Crippen molar-refractivity contribution in [1.82, 2.24) is 10.2 Å². The summed E-state index contributed by atoms with van der Waals surface area (Å²) >= 11 is 1.52. The molecule has 0 aliphatic carbocycles. The van der Waals surface area contributed by atoms with E-state index in [1.807, 2.05) is 44.2 Å². The minimum atomic E-state index is -0.825. The van der Waals surface area contributed by atoms with Crippen LogP contribution in [0.3, 0.4) is 0 Å². The maximum atomic E-state index is 10.4. The second kappa shape index (κ2) is 5.46. The SMILES string of the molecule is Cc1nnc(NCCC(C)(O)c2ccccc2)s1. The van der Waals surface area contributed by atoms with Crippen LogP contribution in [0.15, 0.2) is 30.3 Å². The van der Waals surface area contributed by atoms with Gasteiger partial charge in [0.1, 0.15) is 5.01 Å². The van der Waals surface area contributed by atoms with Gasteiger partial charge in [-0.3, -0.25) is 0 Å². The minimum Gasteiger partial charge on any atom is -0.385 e. The van der Waals surface area contributed by atoms with Gasteiger partial charge in [0.25, 0.3) is 0 Å². The predicted octanol–water partition coefficient (Wildman–Crippen LogP) is 2.56. The molecule has 2 N–H and O–H groups in total. The van der Waals surface area contributed by atoms with E-state index in [4.69, 9.17) is 0 Å². The molecule has 0 aliphatic heterocycles. The molecule has 1 aromatic heterocycles. The summed E-state index contributed by atoms with van der Waals surface area (Å²) in [6.45, 7) is 4.41. The van der Waals surface area contributed by atoms with E-state index in [0.29, 0.717) is 13.0 Å². The molecule has 18 heavy (non-hydrogen) atoms. The molecular weight excluding hydrogens is 246 g/mol. The molecular formula is C13H17N3OS. The highest BCUT2D eigenvalue weighted by molar-refractivity contribution is 7.15. The molecule has 0 aliphatic rings. The van der Waals surface area contributed by atoms with Crippen molar-refractivity contribution >= 4 is 16.5 Å². The number of hydrogen-bond donors (Lipinski definition) is 2. The third kappa shape index (κ3) is 3.27. The summed E-state index contributed by atoms with van der Waals surface area (Å²) in [5.41, 5.74) is 0.105. The summed E-state index contributed by atoms with van der Waals surface area (Å²) in [4.78, 5) is 0. The lowest BCUT2D eigenvalue weighted by molar-refractivity contribution is 0.0515. The molecule has 0 amide bonds. The number of nitrogens with zero attached hydrogens (tertiary/aromatic N) is 2. The van der Waals surface area contributed by atoms with Crippen molar-refractivity contribution in [2.45, 2.75) is 25.9 Å². The predicted molar refractivity (Wildman–Crippen MR) is 73.8 cm³/mol. The Kier molecular flexibility index (Phi) is 3.93. The quantitative estimate of drug-likeness (QED) is 0.870. The van der Waals surface area contributed by atoms with Crippen molar-refractivity contribution in [3.05, 3.63) is 40.9 Å². The first-order chi connectivity index (χ1) is 8.58. The van der Waals surface area contributed by atoms with Crippen LogP contribution < -0.4 is 5.32 Å². The van der Waals surface area contributed by atoms with E-state index in [2.05, 4.69) is 15.5 Å². The summed E-state index contributed by atoms with van der Waals surface area (Å²) in [5.74, 6) is 0. The van der Waals surface area contributed by atoms with E-state index in [0.717, 1.165) is 15.7 Å².